The van der Waals surface area contributed by atoms with Crippen molar-refractivity contribution in [1.29, 1.82) is 0 Å². The van der Waals surface area contributed by atoms with Gasteiger partial charge >= 0.3 is 6.01 Å². The molecule has 0 saturated carbocycles. The van der Waals surface area contributed by atoms with E-state index in [4.69, 9.17) is 4.42 Å². The van der Waals surface area contributed by atoms with Crippen LogP contribution >= 0.6 is 11.3 Å². The molecular weight excluding hydrogens is 212 g/mol. The van der Waals surface area contributed by atoms with E-state index < -0.39 is 0 Å². The zero-order valence-electron chi connectivity index (χ0n) is 8.43. The molecule has 0 fully saturated rings. The fraction of sp³-hybridized carbons (Fsp3) is 0.444. The van der Waals surface area contributed by atoms with Crippen molar-refractivity contribution in [2.45, 2.75) is 26.3 Å². The van der Waals surface area contributed by atoms with Gasteiger partial charge in [0.15, 0.2) is 0 Å². The van der Waals surface area contributed by atoms with Crippen LogP contribution < -0.4 is 5.32 Å². The minimum Gasteiger partial charge on any atom is -0.408 e. The van der Waals surface area contributed by atoms with Gasteiger partial charge in [0, 0.05) is 17.5 Å². The van der Waals surface area contributed by atoms with Crippen LogP contribution in [0.25, 0.3) is 0 Å². The number of rotatable bonds is 5. The Morgan fingerprint density at radius 1 is 1.47 bits per heavy atom. The standard InChI is InChI=1S/C9H12N4OS/c1-2-3-8-12-13-9(14-8)11-5-7-4-10-6-15-7/h4,6H,2-3,5H2,1H3,(H,11,13). The highest BCUT2D eigenvalue weighted by Gasteiger charge is 2.04. The maximum absolute atomic E-state index is 5.37. The van der Waals surface area contributed by atoms with Crippen LogP contribution in [-0.2, 0) is 13.0 Å². The maximum atomic E-state index is 5.37. The highest BCUT2D eigenvalue weighted by molar-refractivity contribution is 7.09. The van der Waals surface area contributed by atoms with Crippen molar-refractivity contribution in [2.75, 3.05) is 5.32 Å². The summed E-state index contributed by atoms with van der Waals surface area (Å²) in [7, 11) is 0. The van der Waals surface area contributed by atoms with E-state index in [-0.39, 0.29) is 0 Å². The first-order valence-corrected chi connectivity index (χ1v) is 5.70. The van der Waals surface area contributed by atoms with Crippen molar-refractivity contribution >= 4 is 17.4 Å². The molecule has 0 amide bonds. The predicted octanol–water partition coefficient (Wildman–Crippen LogP) is 2.09. The van der Waals surface area contributed by atoms with Crippen molar-refractivity contribution in [3.8, 4) is 0 Å². The summed E-state index contributed by atoms with van der Waals surface area (Å²) in [5, 5.41) is 10.9. The summed E-state index contributed by atoms with van der Waals surface area (Å²) >= 11 is 1.60. The Bertz CT molecular complexity index is 398. The first-order valence-electron chi connectivity index (χ1n) is 4.82. The smallest absolute Gasteiger partial charge is 0.315 e. The molecule has 0 aliphatic carbocycles. The first kappa shape index (κ1) is 10.1. The Kier molecular flexibility index (Phi) is 3.29. The van der Waals surface area contributed by atoms with Gasteiger partial charge in [-0.15, -0.1) is 16.4 Å². The summed E-state index contributed by atoms with van der Waals surface area (Å²) in [4.78, 5) is 5.12. The van der Waals surface area contributed by atoms with Gasteiger partial charge in [0.1, 0.15) is 0 Å². The van der Waals surface area contributed by atoms with Crippen LogP contribution in [0.3, 0.4) is 0 Å². The van der Waals surface area contributed by atoms with Crippen molar-refractivity contribution in [1.82, 2.24) is 15.2 Å². The molecule has 80 valence electrons. The zero-order chi connectivity index (χ0) is 10.5. The Hall–Kier alpha value is -1.43. The van der Waals surface area contributed by atoms with Gasteiger partial charge in [0.25, 0.3) is 0 Å². The van der Waals surface area contributed by atoms with E-state index in [0.717, 1.165) is 17.7 Å². The van der Waals surface area contributed by atoms with Crippen molar-refractivity contribution in [3.05, 3.63) is 22.5 Å². The topological polar surface area (TPSA) is 63.8 Å². The van der Waals surface area contributed by atoms with Crippen LogP contribution in [0.2, 0.25) is 0 Å². The summed E-state index contributed by atoms with van der Waals surface area (Å²) in [6.45, 7) is 2.76. The van der Waals surface area contributed by atoms with Crippen LogP contribution in [0.5, 0.6) is 0 Å². The lowest BCUT2D eigenvalue weighted by Gasteiger charge is -1.96. The number of thiazole rings is 1. The molecule has 0 aliphatic heterocycles. The maximum Gasteiger partial charge on any atom is 0.315 e. The van der Waals surface area contributed by atoms with Gasteiger partial charge in [0.05, 0.1) is 12.1 Å². The second-order valence-electron chi connectivity index (χ2n) is 3.07. The number of aryl methyl sites for hydroxylation is 1. The molecule has 0 spiro atoms. The van der Waals surface area contributed by atoms with Crippen LogP contribution in [0.1, 0.15) is 24.1 Å². The molecular formula is C9H12N4OS. The lowest BCUT2D eigenvalue weighted by Crippen LogP contribution is -1.97. The van der Waals surface area contributed by atoms with Gasteiger partial charge in [-0.3, -0.25) is 4.98 Å². The normalized spacial score (nSPS) is 10.5. The van der Waals surface area contributed by atoms with Crippen molar-refractivity contribution in [3.63, 3.8) is 0 Å². The molecule has 0 atom stereocenters. The summed E-state index contributed by atoms with van der Waals surface area (Å²) in [6, 6.07) is 0.479. The number of nitrogens with one attached hydrogen (secondary N) is 1. The molecule has 2 rings (SSSR count). The summed E-state index contributed by atoms with van der Waals surface area (Å²) in [5.74, 6) is 0.685. The average molecular weight is 224 g/mol. The highest BCUT2D eigenvalue weighted by Crippen LogP contribution is 2.11. The molecule has 0 bridgehead atoms. The third-order valence-corrected chi connectivity index (χ3v) is 2.61. The highest BCUT2D eigenvalue weighted by atomic mass is 32.1. The fourth-order valence-corrected chi connectivity index (χ4v) is 1.67. The largest absolute Gasteiger partial charge is 0.408 e. The van der Waals surface area contributed by atoms with Crippen LogP contribution in [-0.4, -0.2) is 15.2 Å². The fourth-order valence-electron chi connectivity index (χ4n) is 1.13. The third-order valence-electron chi connectivity index (χ3n) is 1.83. The van der Waals surface area contributed by atoms with E-state index in [0.29, 0.717) is 18.5 Å². The molecule has 2 heterocycles. The average Bonchev–Trinajstić information content (AvgIpc) is 2.85. The molecule has 0 unspecified atom stereocenters. The van der Waals surface area contributed by atoms with Crippen molar-refractivity contribution in [2.24, 2.45) is 0 Å². The van der Waals surface area contributed by atoms with Gasteiger partial charge in [-0.1, -0.05) is 12.0 Å². The van der Waals surface area contributed by atoms with Gasteiger partial charge < -0.3 is 9.73 Å². The number of hydrogen-bond acceptors (Lipinski definition) is 6. The van der Waals surface area contributed by atoms with E-state index in [2.05, 4.69) is 27.4 Å². The first-order chi connectivity index (χ1) is 7.38. The van der Waals surface area contributed by atoms with E-state index in [9.17, 15) is 0 Å². The molecule has 0 aliphatic rings. The molecule has 0 radical (unpaired) electrons. The lowest BCUT2D eigenvalue weighted by molar-refractivity contribution is 0.501. The Labute approximate surface area is 91.6 Å². The van der Waals surface area contributed by atoms with Crippen LogP contribution in [0.4, 0.5) is 6.01 Å². The summed E-state index contributed by atoms with van der Waals surface area (Å²) in [5.41, 5.74) is 1.80. The van der Waals surface area contributed by atoms with Gasteiger partial charge in [-0.2, -0.15) is 0 Å². The Morgan fingerprint density at radius 2 is 2.40 bits per heavy atom. The quantitative estimate of drug-likeness (QED) is 0.842. The minimum atomic E-state index is 0.479. The Balaban J connectivity index is 1.88. The lowest BCUT2D eigenvalue weighted by atomic mass is 10.3. The van der Waals surface area contributed by atoms with Gasteiger partial charge in [-0.25, -0.2) is 0 Å². The van der Waals surface area contributed by atoms with E-state index in [1.807, 2.05) is 6.20 Å². The molecule has 6 heteroatoms. The van der Waals surface area contributed by atoms with Crippen LogP contribution in [0, 0.1) is 0 Å². The predicted molar refractivity (Wildman–Crippen MR) is 57.7 cm³/mol. The second-order valence-corrected chi connectivity index (χ2v) is 4.04. The minimum absolute atomic E-state index is 0.479. The molecule has 2 aromatic rings. The molecule has 0 aromatic carbocycles. The molecule has 15 heavy (non-hydrogen) atoms. The molecule has 0 saturated heterocycles. The SMILES string of the molecule is CCCc1nnc(NCc2cncs2)o1. The van der Waals surface area contributed by atoms with Crippen molar-refractivity contribution < 1.29 is 4.42 Å². The monoisotopic (exact) mass is 224 g/mol. The van der Waals surface area contributed by atoms with E-state index in [1.54, 1.807) is 16.8 Å². The zero-order valence-corrected chi connectivity index (χ0v) is 9.25. The third kappa shape index (κ3) is 2.76. The summed E-state index contributed by atoms with van der Waals surface area (Å²) in [6.07, 6.45) is 3.66. The van der Waals surface area contributed by atoms with Gasteiger partial charge in [-0.05, 0) is 6.42 Å². The molecule has 1 N–H and O–H groups in total. The van der Waals surface area contributed by atoms with E-state index in [1.165, 1.54) is 0 Å². The van der Waals surface area contributed by atoms with E-state index >= 15 is 0 Å². The molecule has 5 nitrogen and oxygen atoms in total. The number of anilines is 1. The Morgan fingerprint density at radius 3 is 3.13 bits per heavy atom. The summed E-state index contributed by atoms with van der Waals surface area (Å²) < 4.78 is 5.37. The number of nitrogens with zero attached hydrogens (tertiary/aromatic N) is 3. The molecule has 2 aromatic heterocycles. The second kappa shape index (κ2) is 4.88. The van der Waals surface area contributed by atoms with Gasteiger partial charge in [0.2, 0.25) is 5.89 Å². The number of hydrogen-bond donors (Lipinski definition) is 1. The number of aromatic nitrogens is 3. The van der Waals surface area contributed by atoms with Crippen LogP contribution in [0.15, 0.2) is 16.1 Å².